The summed E-state index contributed by atoms with van der Waals surface area (Å²) in [4.78, 5) is 27.8. The highest BCUT2D eigenvalue weighted by atomic mass is 32.2. The third-order valence-electron chi connectivity index (χ3n) is 8.01. The van der Waals surface area contributed by atoms with Crippen LogP contribution < -0.4 is 9.70 Å². The van der Waals surface area contributed by atoms with E-state index in [0.717, 1.165) is 60.3 Å². The summed E-state index contributed by atoms with van der Waals surface area (Å²) in [6.45, 7) is 15.5. The van der Waals surface area contributed by atoms with Crippen LogP contribution in [0, 0.1) is 5.82 Å². The smallest absolute Gasteiger partial charge is 0.410 e. The molecule has 3 amide bonds. The number of rotatable bonds is 6. The molecular formula is C29H43FN4O4S2Si. The van der Waals surface area contributed by atoms with Crippen molar-refractivity contribution in [3.63, 3.8) is 0 Å². The van der Waals surface area contributed by atoms with Gasteiger partial charge in [0.15, 0.2) is 19.9 Å². The van der Waals surface area contributed by atoms with Crippen LogP contribution in [-0.4, -0.2) is 42.1 Å². The molecule has 8 nitrogen and oxygen atoms in total. The molecule has 2 N–H and O–H groups in total. The largest absolute Gasteiger partial charge is 0.444 e. The van der Waals surface area contributed by atoms with Gasteiger partial charge in [0.1, 0.15) is 13.8 Å². The topological polar surface area (TPSA) is 100 Å². The molecule has 1 heterocycles. The van der Waals surface area contributed by atoms with Gasteiger partial charge in [0.2, 0.25) is 0 Å². The van der Waals surface area contributed by atoms with E-state index in [1.165, 1.54) is 22.1 Å². The Labute approximate surface area is 248 Å². The molecule has 1 unspecified atom stereocenters. The summed E-state index contributed by atoms with van der Waals surface area (Å²) in [5.74, 6) is -0.722. The first-order chi connectivity index (χ1) is 18.8. The summed E-state index contributed by atoms with van der Waals surface area (Å²) in [6, 6.07) is 2.75. The van der Waals surface area contributed by atoms with E-state index in [9.17, 15) is 13.8 Å². The Morgan fingerprint density at radius 2 is 1.71 bits per heavy atom. The second kappa shape index (κ2) is 11.1. The highest BCUT2D eigenvalue weighted by Gasteiger charge is 2.40. The number of hydrogen-bond donors (Lipinski definition) is 2. The van der Waals surface area contributed by atoms with Crippen molar-refractivity contribution in [3.8, 4) is 0 Å². The van der Waals surface area contributed by atoms with E-state index < -0.39 is 41.7 Å². The number of carbonyl (C=O) groups excluding carboxylic acids is 2. The number of nitrogens with one attached hydrogen (secondary N) is 2. The fourth-order valence-corrected chi connectivity index (χ4v) is 12.1. The van der Waals surface area contributed by atoms with Crippen LogP contribution in [0.25, 0.3) is 0 Å². The highest BCUT2D eigenvalue weighted by molar-refractivity contribution is 7.95. The molecule has 41 heavy (non-hydrogen) atoms. The molecule has 1 aromatic heterocycles. The van der Waals surface area contributed by atoms with E-state index in [-0.39, 0.29) is 15.8 Å². The number of anilines is 1. The number of ether oxygens (including phenoxy) is 1. The van der Waals surface area contributed by atoms with Gasteiger partial charge < -0.3 is 15.0 Å². The number of carbonyl (C=O) groups is 2. The maximum Gasteiger partial charge on any atom is 0.410 e. The molecule has 226 valence electrons. The van der Waals surface area contributed by atoms with Gasteiger partial charge in [-0.25, -0.2) is 22.6 Å². The zero-order valence-electron chi connectivity index (χ0n) is 25.6. The predicted octanol–water partition coefficient (Wildman–Crippen LogP) is 7.41. The lowest BCUT2D eigenvalue weighted by Gasteiger charge is -2.37. The van der Waals surface area contributed by atoms with Crippen LogP contribution in [0.4, 0.5) is 19.7 Å². The van der Waals surface area contributed by atoms with Gasteiger partial charge in [0, 0.05) is 17.6 Å². The SMILES string of the molecule is CN(Cc1cc(F)c(S(=O)(=NC(=O)Nc2c3c(cc4c2CC4)CCC3)N[Si](C)(C)C(C)(C)C)s1)C(=O)OC(C)(C)C. The highest BCUT2D eigenvalue weighted by Crippen LogP contribution is 2.40. The summed E-state index contributed by atoms with van der Waals surface area (Å²) < 4.78 is 42.9. The van der Waals surface area contributed by atoms with E-state index in [1.54, 1.807) is 27.8 Å². The number of halogens is 1. The maximum absolute atomic E-state index is 15.6. The van der Waals surface area contributed by atoms with E-state index in [2.05, 4.69) is 20.1 Å². The van der Waals surface area contributed by atoms with Crippen LogP contribution in [0.15, 0.2) is 20.7 Å². The monoisotopic (exact) mass is 622 g/mol. The summed E-state index contributed by atoms with van der Waals surface area (Å²) in [5.41, 5.74) is 4.85. The van der Waals surface area contributed by atoms with Crippen molar-refractivity contribution in [1.29, 1.82) is 0 Å². The molecular weight excluding hydrogens is 580 g/mol. The van der Waals surface area contributed by atoms with Gasteiger partial charge >= 0.3 is 12.1 Å². The zero-order chi connectivity index (χ0) is 30.5. The Bertz CT molecular complexity index is 1500. The molecule has 0 saturated heterocycles. The third-order valence-corrected chi connectivity index (χ3v) is 17.8. The van der Waals surface area contributed by atoms with E-state index in [4.69, 9.17) is 4.74 Å². The Morgan fingerprint density at radius 1 is 1.07 bits per heavy atom. The molecule has 1 atom stereocenters. The lowest BCUT2D eigenvalue weighted by Crippen LogP contribution is -2.54. The standard InChI is InChI=1S/C29H43FN4O4S2Si/c1-28(2,3)38-27(36)34(7)17-20-16-23(30)25(39-20)40(37,33-41(8,9)29(4,5)6)32-26(35)31-24-21-12-10-11-18(21)15-19-13-14-22(19)24/h15-16H,10-14,17H2,1-9H3,(H2,31,32,33,35,37). The van der Waals surface area contributed by atoms with Gasteiger partial charge in [0.25, 0.3) is 0 Å². The molecule has 2 aromatic rings. The van der Waals surface area contributed by atoms with E-state index >= 15 is 4.39 Å². The summed E-state index contributed by atoms with van der Waals surface area (Å²) >= 11 is 0.953. The Kier molecular flexibility index (Phi) is 8.56. The average molecular weight is 623 g/mol. The minimum Gasteiger partial charge on any atom is -0.444 e. The molecule has 1 aromatic carbocycles. The summed E-state index contributed by atoms with van der Waals surface area (Å²) in [5, 5.41) is 2.69. The fourth-order valence-electron chi connectivity index (χ4n) is 4.75. The Balaban J connectivity index is 1.70. The first-order valence-corrected chi connectivity index (χ1v) is 19.4. The number of benzene rings is 1. The number of thiophene rings is 1. The molecule has 12 heteroatoms. The third kappa shape index (κ3) is 6.87. The van der Waals surface area contributed by atoms with E-state index in [1.807, 2.05) is 33.9 Å². The van der Waals surface area contributed by atoms with Gasteiger partial charge in [-0.15, -0.1) is 15.7 Å². The number of hydrogen-bond acceptors (Lipinski definition) is 5. The average Bonchev–Trinajstić information content (AvgIpc) is 3.39. The van der Waals surface area contributed by atoms with Crippen LogP contribution in [-0.2, 0) is 46.9 Å². The predicted molar refractivity (Wildman–Crippen MR) is 166 cm³/mol. The maximum atomic E-state index is 15.6. The minimum absolute atomic E-state index is 0.0561. The van der Waals surface area contributed by atoms with Crippen LogP contribution in [0.2, 0.25) is 18.1 Å². The van der Waals surface area contributed by atoms with Crippen molar-refractivity contribution in [1.82, 2.24) is 9.29 Å². The number of urea groups is 1. The summed E-state index contributed by atoms with van der Waals surface area (Å²) in [7, 11) is -4.69. The zero-order valence-corrected chi connectivity index (χ0v) is 28.3. The quantitative estimate of drug-likeness (QED) is 0.328. The lowest BCUT2D eigenvalue weighted by molar-refractivity contribution is 0.0286. The first-order valence-electron chi connectivity index (χ1n) is 14.1. The van der Waals surface area contributed by atoms with Crippen molar-refractivity contribution in [2.45, 2.75) is 108 Å². The number of nitrogens with zero attached hydrogens (tertiary/aromatic N) is 2. The minimum atomic E-state index is -3.71. The molecule has 0 spiro atoms. The molecule has 2 aliphatic rings. The van der Waals surface area contributed by atoms with Gasteiger partial charge in [-0.3, -0.25) is 0 Å². The van der Waals surface area contributed by atoms with Crippen LogP contribution in [0.5, 0.6) is 0 Å². The fraction of sp³-hybridized carbons (Fsp3) is 0.586. The van der Waals surface area contributed by atoms with Crippen LogP contribution >= 0.6 is 11.3 Å². The number of aryl methyl sites for hydroxylation is 2. The second-order valence-electron chi connectivity index (χ2n) is 13.6. The second-order valence-corrected chi connectivity index (χ2v) is 22.2. The molecule has 0 aliphatic heterocycles. The van der Waals surface area contributed by atoms with Gasteiger partial charge in [0.05, 0.1) is 6.54 Å². The molecule has 0 saturated carbocycles. The van der Waals surface area contributed by atoms with Crippen molar-refractivity contribution >= 4 is 47.3 Å². The van der Waals surface area contributed by atoms with E-state index in [0.29, 0.717) is 4.88 Å². The number of amides is 3. The molecule has 2 aliphatic carbocycles. The molecule has 0 radical (unpaired) electrons. The Morgan fingerprint density at radius 3 is 2.29 bits per heavy atom. The van der Waals surface area contributed by atoms with Gasteiger partial charge in [-0.05, 0) is 86.2 Å². The summed E-state index contributed by atoms with van der Waals surface area (Å²) in [6.07, 6.45) is 4.20. The van der Waals surface area contributed by atoms with Gasteiger partial charge in [-0.1, -0.05) is 39.9 Å². The van der Waals surface area contributed by atoms with Crippen molar-refractivity contribution in [2.75, 3.05) is 12.4 Å². The number of fused-ring (bicyclic) bond motifs is 2. The molecule has 4 rings (SSSR count). The first kappa shape index (κ1) is 31.6. The normalized spacial score (nSPS) is 16.2. The molecule has 0 bridgehead atoms. The van der Waals surface area contributed by atoms with Crippen molar-refractivity contribution in [2.24, 2.45) is 4.36 Å². The Hall–Kier alpha value is -2.28. The van der Waals surface area contributed by atoms with Crippen molar-refractivity contribution < 1.29 is 22.9 Å². The van der Waals surface area contributed by atoms with Crippen molar-refractivity contribution in [3.05, 3.63) is 45.1 Å². The van der Waals surface area contributed by atoms with Gasteiger partial charge in [-0.2, -0.15) is 0 Å². The van der Waals surface area contributed by atoms with Crippen LogP contribution in [0.3, 0.4) is 0 Å². The molecule has 0 fully saturated rings. The van der Waals surface area contributed by atoms with Crippen LogP contribution in [0.1, 0.15) is 75.1 Å². The lowest BCUT2D eigenvalue weighted by atomic mass is 9.83.